The zero-order chi connectivity index (χ0) is 21.8. The second kappa shape index (κ2) is 7.38. The Morgan fingerprint density at radius 2 is 1.77 bits per heavy atom. The van der Waals surface area contributed by atoms with Crippen LogP contribution in [-0.2, 0) is 4.74 Å². The number of amides is 1. The average molecular weight is 430 g/mol. The first-order chi connectivity index (χ1) is 14.8. The maximum absolute atomic E-state index is 12.2. The molecule has 1 fully saturated rings. The summed E-state index contributed by atoms with van der Waals surface area (Å²) in [6.45, 7) is 9.32. The van der Waals surface area contributed by atoms with Gasteiger partial charge in [-0.05, 0) is 78.7 Å². The van der Waals surface area contributed by atoms with Crippen LogP contribution in [0.2, 0.25) is 0 Å². The average Bonchev–Trinajstić information content (AvgIpc) is 3.08. The molecule has 0 spiro atoms. The third-order valence-electron chi connectivity index (χ3n) is 5.82. The molecule has 4 aromatic rings. The molecule has 0 bridgehead atoms. The minimum absolute atomic E-state index is 0.213. The fraction of sp³-hybridized carbons (Fsp3) is 0.296. The van der Waals surface area contributed by atoms with Crippen LogP contribution >= 0.6 is 11.3 Å². The second-order valence-corrected chi connectivity index (χ2v) is 10.6. The summed E-state index contributed by atoms with van der Waals surface area (Å²) < 4.78 is 6.78. The highest BCUT2D eigenvalue weighted by molar-refractivity contribution is 7.22. The van der Waals surface area contributed by atoms with Crippen molar-refractivity contribution in [3.05, 3.63) is 71.8 Å². The highest BCUT2D eigenvalue weighted by atomic mass is 32.1. The fourth-order valence-corrected chi connectivity index (χ4v) is 5.41. The van der Waals surface area contributed by atoms with Crippen molar-refractivity contribution in [1.29, 1.82) is 0 Å². The van der Waals surface area contributed by atoms with Crippen LogP contribution in [0.15, 0.2) is 60.7 Å². The zero-order valence-electron chi connectivity index (χ0n) is 18.4. The molecule has 0 atom stereocenters. The van der Waals surface area contributed by atoms with E-state index in [2.05, 4.69) is 67.6 Å². The fourth-order valence-electron chi connectivity index (χ4n) is 4.26. The van der Waals surface area contributed by atoms with E-state index in [1.54, 1.807) is 4.90 Å². The van der Waals surface area contributed by atoms with Crippen LogP contribution in [0.1, 0.15) is 37.8 Å². The summed E-state index contributed by atoms with van der Waals surface area (Å²) in [4.78, 5) is 15.3. The van der Waals surface area contributed by atoms with E-state index in [1.165, 1.54) is 42.4 Å². The van der Waals surface area contributed by atoms with Crippen LogP contribution < -0.4 is 0 Å². The number of benzene rings is 3. The van der Waals surface area contributed by atoms with Gasteiger partial charge in [0.15, 0.2) is 0 Å². The molecule has 0 radical (unpaired) electrons. The Morgan fingerprint density at radius 1 is 1.00 bits per heavy atom. The molecule has 5 rings (SSSR count). The van der Waals surface area contributed by atoms with Crippen LogP contribution in [0.5, 0.6) is 0 Å². The lowest BCUT2D eigenvalue weighted by Gasteiger charge is -2.40. The summed E-state index contributed by atoms with van der Waals surface area (Å²) in [5, 5.41) is 3.86. The number of likely N-dealkylation sites (tertiary alicyclic amines) is 1. The monoisotopic (exact) mass is 429 g/mol. The maximum Gasteiger partial charge on any atom is 0.410 e. The molecular weight excluding hydrogens is 402 g/mol. The molecule has 1 aromatic heterocycles. The molecule has 2 heterocycles. The van der Waals surface area contributed by atoms with Gasteiger partial charge in [-0.15, -0.1) is 11.3 Å². The van der Waals surface area contributed by atoms with Crippen molar-refractivity contribution in [3.8, 4) is 10.4 Å². The van der Waals surface area contributed by atoms with Crippen LogP contribution in [0, 0.1) is 6.92 Å². The van der Waals surface area contributed by atoms with Crippen LogP contribution in [-0.4, -0.2) is 29.7 Å². The van der Waals surface area contributed by atoms with E-state index < -0.39 is 5.60 Å². The van der Waals surface area contributed by atoms with Gasteiger partial charge in [-0.1, -0.05) is 42.5 Å². The van der Waals surface area contributed by atoms with E-state index in [0.717, 1.165) is 13.1 Å². The van der Waals surface area contributed by atoms with E-state index in [-0.39, 0.29) is 6.09 Å². The van der Waals surface area contributed by atoms with Gasteiger partial charge in [0.25, 0.3) is 0 Å². The SMILES string of the molecule is Cc1cc(-c2cc3ccc(C4CN(C(=O)OC(C)(C)C)C4)cc3s2)c2ccccc2c1. The van der Waals surface area contributed by atoms with E-state index in [1.807, 2.05) is 32.1 Å². The summed E-state index contributed by atoms with van der Waals surface area (Å²) in [5.74, 6) is 0.377. The van der Waals surface area contributed by atoms with Gasteiger partial charge in [0.2, 0.25) is 0 Å². The van der Waals surface area contributed by atoms with Crippen LogP contribution in [0.3, 0.4) is 0 Å². The van der Waals surface area contributed by atoms with Gasteiger partial charge in [-0.2, -0.15) is 0 Å². The minimum atomic E-state index is -0.450. The minimum Gasteiger partial charge on any atom is -0.444 e. The summed E-state index contributed by atoms with van der Waals surface area (Å²) in [6.07, 6.45) is -0.213. The number of hydrogen-bond acceptors (Lipinski definition) is 3. The van der Waals surface area contributed by atoms with Crippen molar-refractivity contribution in [3.63, 3.8) is 0 Å². The normalized spacial score (nSPS) is 14.8. The predicted octanol–water partition coefficient (Wildman–Crippen LogP) is 7.36. The zero-order valence-corrected chi connectivity index (χ0v) is 19.3. The molecule has 0 unspecified atom stereocenters. The molecule has 1 aliphatic rings. The molecule has 3 nitrogen and oxygen atoms in total. The molecule has 1 saturated heterocycles. The lowest BCUT2D eigenvalue weighted by Crippen LogP contribution is -2.50. The number of ether oxygens (including phenoxy) is 1. The first kappa shape index (κ1) is 20.1. The van der Waals surface area contributed by atoms with Crippen molar-refractivity contribution >= 4 is 38.3 Å². The molecule has 31 heavy (non-hydrogen) atoms. The molecule has 0 saturated carbocycles. The number of carbonyl (C=O) groups excluding carboxylic acids is 1. The Hall–Kier alpha value is -2.85. The van der Waals surface area contributed by atoms with Crippen molar-refractivity contribution in [2.24, 2.45) is 0 Å². The molecule has 0 N–H and O–H groups in total. The number of nitrogens with zero attached hydrogens (tertiary/aromatic N) is 1. The topological polar surface area (TPSA) is 29.5 Å². The number of fused-ring (bicyclic) bond motifs is 2. The number of thiophene rings is 1. The first-order valence-electron chi connectivity index (χ1n) is 10.8. The lowest BCUT2D eigenvalue weighted by atomic mass is 9.91. The highest BCUT2D eigenvalue weighted by Gasteiger charge is 2.34. The highest BCUT2D eigenvalue weighted by Crippen LogP contribution is 2.39. The molecule has 4 heteroatoms. The van der Waals surface area contributed by atoms with E-state index in [0.29, 0.717) is 5.92 Å². The Labute approximate surface area is 187 Å². The standard InChI is InChI=1S/C27H27NO2S/c1-17-11-19-7-5-6-8-22(19)23(12-17)25-14-20-10-9-18(13-24(20)31-25)21-15-28(16-21)26(29)30-27(2,3)4/h5-14,21H,15-16H2,1-4H3. The molecule has 3 aromatic carbocycles. The molecular formula is C27H27NO2S. The summed E-state index contributed by atoms with van der Waals surface area (Å²) in [5.41, 5.74) is 3.44. The molecule has 158 valence electrons. The lowest BCUT2D eigenvalue weighted by molar-refractivity contribution is 0.00821. The summed E-state index contributed by atoms with van der Waals surface area (Å²) in [6, 6.07) is 22.2. The number of aryl methyl sites for hydroxylation is 1. The second-order valence-electron chi connectivity index (χ2n) is 9.52. The van der Waals surface area contributed by atoms with Gasteiger partial charge < -0.3 is 9.64 Å². The predicted molar refractivity (Wildman–Crippen MR) is 130 cm³/mol. The number of carbonyl (C=O) groups is 1. The van der Waals surface area contributed by atoms with Gasteiger partial charge >= 0.3 is 6.09 Å². The third-order valence-corrected chi connectivity index (χ3v) is 6.95. The number of rotatable bonds is 2. The summed E-state index contributed by atoms with van der Waals surface area (Å²) >= 11 is 1.85. The van der Waals surface area contributed by atoms with Crippen LogP contribution in [0.25, 0.3) is 31.3 Å². The van der Waals surface area contributed by atoms with Gasteiger partial charge in [0.05, 0.1) is 0 Å². The van der Waals surface area contributed by atoms with E-state index in [4.69, 9.17) is 4.74 Å². The Balaban J connectivity index is 1.41. The molecule has 1 amide bonds. The first-order valence-corrected chi connectivity index (χ1v) is 11.6. The van der Waals surface area contributed by atoms with Crippen molar-refractivity contribution in [2.75, 3.05) is 13.1 Å². The third kappa shape index (κ3) is 3.92. The van der Waals surface area contributed by atoms with Crippen LogP contribution in [0.4, 0.5) is 4.79 Å². The Kier molecular flexibility index (Phi) is 4.78. The molecule has 1 aliphatic heterocycles. The Morgan fingerprint density at radius 3 is 2.55 bits per heavy atom. The van der Waals surface area contributed by atoms with Crippen molar-refractivity contribution in [2.45, 2.75) is 39.2 Å². The van der Waals surface area contributed by atoms with Gasteiger partial charge in [-0.25, -0.2) is 4.79 Å². The van der Waals surface area contributed by atoms with E-state index in [9.17, 15) is 4.79 Å². The number of hydrogen-bond donors (Lipinski definition) is 0. The Bertz CT molecular complexity index is 1290. The summed E-state index contributed by atoms with van der Waals surface area (Å²) in [7, 11) is 0. The van der Waals surface area contributed by atoms with E-state index >= 15 is 0 Å². The van der Waals surface area contributed by atoms with Gasteiger partial charge in [0, 0.05) is 28.6 Å². The smallest absolute Gasteiger partial charge is 0.410 e. The maximum atomic E-state index is 12.2. The van der Waals surface area contributed by atoms with Crippen molar-refractivity contribution in [1.82, 2.24) is 4.90 Å². The molecule has 0 aliphatic carbocycles. The van der Waals surface area contributed by atoms with Gasteiger partial charge in [0.1, 0.15) is 5.60 Å². The van der Waals surface area contributed by atoms with Gasteiger partial charge in [-0.3, -0.25) is 0 Å². The quantitative estimate of drug-likeness (QED) is 0.333. The van der Waals surface area contributed by atoms with Crippen molar-refractivity contribution < 1.29 is 9.53 Å². The largest absolute Gasteiger partial charge is 0.444 e.